The molecule has 5 rings (SSSR count). The number of nitrogens with zero attached hydrogens (tertiary/aromatic N) is 2. The zero-order valence-electron chi connectivity index (χ0n) is 27.5. The number of hydrogen-bond donors (Lipinski definition) is 0. The Balaban J connectivity index is 1.61. The Bertz CT molecular complexity index is 2050. The lowest BCUT2D eigenvalue weighted by atomic mass is 9.95. The summed E-state index contributed by atoms with van der Waals surface area (Å²) in [6, 6.07) is 15.7. The number of aromatic nitrogens is 1. The zero-order valence-corrected chi connectivity index (χ0v) is 30.6. The van der Waals surface area contributed by atoms with Crippen LogP contribution in [0.3, 0.4) is 0 Å². The highest BCUT2D eigenvalue weighted by molar-refractivity contribution is 9.10. The molecule has 0 spiro atoms. The fourth-order valence-electron chi connectivity index (χ4n) is 5.30. The highest BCUT2D eigenvalue weighted by atomic mass is 79.9. The molecule has 0 unspecified atom stereocenters. The maximum Gasteiger partial charge on any atom is 0.338 e. The van der Waals surface area contributed by atoms with E-state index in [4.69, 9.17) is 35.3 Å². The van der Waals surface area contributed by atoms with E-state index in [-0.39, 0.29) is 30.5 Å². The molecule has 0 N–H and O–H groups in total. The summed E-state index contributed by atoms with van der Waals surface area (Å²) in [7, 11) is 1.55. The maximum absolute atomic E-state index is 14.2. The number of carbonyl (C=O) groups is 1. The average Bonchev–Trinajstić information content (AvgIpc) is 3.34. The van der Waals surface area contributed by atoms with Crippen molar-refractivity contribution >= 4 is 50.9 Å². The Kier molecular flexibility index (Phi) is 11.3. The van der Waals surface area contributed by atoms with Crippen molar-refractivity contribution in [1.29, 1.82) is 0 Å². The van der Waals surface area contributed by atoms with Gasteiger partial charge in [-0.3, -0.25) is 9.36 Å². The molecule has 4 aromatic rings. The molecule has 0 bridgehead atoms. The first-order valence-electron chi connectivity index (χ1n) is 15.4. The third-order valence-corrected chi connectivity index (χ3v) is 9.28. The van der Waals surface area contributed by atoms with E-state index in [1.807, 2.05) is 63.2 Å². The normalized spacial score (nSPS) is 14.4. The van der Waals surface area contributed by atoms with Crippen molar-refractivity contribution in [3.8, 4) is 23.0 Å². The molecular formula is C36H36BrClN2O7S. The molecule has 1 aliphatic heterocycles. The molecule has 1 aromatic heterocycles. The van der Waals surface area contributed by atoms with Gasteiger partial charge in [0.1, 0.15) is 6.61 Å². The van der Waals surface area contributed by atoms with E-state index in [0.717, 1.165) is 5.56 Å². The number of fused-ring (bicyclic) bond motifs is 1. The lowest BCUT2D eigenvalue weighted by molar-refractivity contribution is -0.139. The minimum Gasteiger partial charge on any atom is -0.493 e. The fraction of sp³-hybridized carbons (Fsp3) is 0.306. The lowest BCUT2D eigenvalue weighted by Gasteiger charge is -2.25. The van der Waals surface area contributed by atoms with Crippen LogP contribution in [0.25, 0.3) is 6.08 Å². The van der Waals surface area contributed by atoms with Crippen molar-refractivity contribution in [3.05, 3.63) is 112 Å². The van der Waals surface area contributed by atoms with Gasteiger partial charge in [-0.1, -0.05) is 47.2 Å². The van der Waals surface area contributed by atoms with Gasteiger partial charge < -0.3 is 23.7 Å². The predicted octanol–water partition coefficient (Wildman–Crippen LogP) is 6.99. The molecule has 1 aliphatic rings. The van der Waals surface area contributed by atoms with Gasteiger partial charge >= 0.3 is 5.97 Å². The predicted molar refractivity (Wildman–Crippen MR) is 190 cm³/mol. The molecule has 3 aromatic carbocycles. The van der Waals surface area contributed by atoms with Crippen LogP contribution in [0.5, 0.6) is 23.0 Å². The van der Waals surface area contributed by atoms with Crippen LogP contribution in [0.15, 0.2) is 80.1 Å². The summed E-state index contributed by atoms with van der Waals surface area (Å²) in [5.41, 5.74) is 2.62. The average molecular weight is 756 g/mol. The van der Waals surface area contributed by atoms with E-state index in [1.165, 1.54) is 15.9 Å². The highest BCUT2D eigenvalue weighted by Crippen LogP contribution is 2.39. The van der Waals surface area contributed by atoms with Crippen LogP contribution in [0.2, 0.25) is 5.02 Å². The van der Waals surface area contributed by atoms with Crippen molar-refractivity contribution in [1.82, 2.24) is 4.57 Å². The molecule has 0 amide bonds. The summed E-state index contributed by atoms with van der Waals surface area (Å²) in [5, 5.41) is 0.608. The molecule has 0 saturated heterocycles. The topological polar surface area (TPSA) is 97.6 Å². The van der Waals surface area contributed by atoms with Crippen molar-refractivity contribution in [3.63, 3.8) is 0 Å². The second kappa shape index (κ2) is 15.4. The van der Waals surface area contributed by atoms with Crippen LogP contribution in [0.1, 0.15) is 57.4 Å². The zero-order chi connectivity index (χ0) is 34.5. The summed E-state index contributed by atoms with van der Waals surface area (Å²) >= 11 is 11.2. The lowest BCUT2D eigenvalue weighted by Crippen LogP contribution is -2.40. The molecule has 1 atom stereocenters. The van der Waals surface area contributed by atoms with Crippen LogP contribution in [0.4, 0.5) is 0 Å². The Morgan fingerprint density at radius 3 is 2.52 bits per heavy atom. The largest absolute Gasteiger partial charge is 0.493 e. The highest BCUT2D eigenvalue weighted by Gasteiger charge is 2.34. The van der Waals surface area contributed by atoms with Gasteiger partial charge in [-0.15, -0.1) is 0 Å². The molecule has 0 aliphatic carbocycles. The number of rotatable bonds is 12. The fourth-order valence-corrected chi connectivity index (χ4v) is 7.11. The summed E-state index contributed by atoms with van der Waals surface area (Å²) < 4.78 is 31.7. The van der Waals surface area contributed by atoms with E-state index in [0.29, 0.717) is 65.3 Å². The number of allylic oxidation sites excluding steroid dienone is 1. The molecule has 48 heavy (non-hydrogen) atoms. The molecule has 0 fully saturated rings. The standard InChI is InChI=1S/C36H36BrClN2O7S/c1-7-44-29-16-22(15-25(37)33(29)46-19-24-11-9-10-12-26(24)38)17-30-34(41)40-32(23-13-14-27(47-20(3)4)28(18-23)43-6)31(35(42)45-8-2)21(5)39-36(40)48-30/h9-18,20,32H,7-8,19H2,1-6H3/b30-17+/t32-/m1/s1. The van der Waals surface area contributed by atoms with Gasteiger partial charge in [0, 0.05) is 10.6 Å². The van der Waals surface area contributed by atoms with Crippen LogP contribution in [-0.4, -0.2) is 37.0 Å². The Labute approximate surface area is 296 Å². The van der Waals surface area contributed by atoms with Crippen molar-refractivity contribution in [2.24, 2.45) is 4.99 Å². The quantitative estimate of drug-likeness (QED) is 0.144. The first kappa shape index (κ1) is 35.3. The summed E-state index contributed by atoms with van der Waals surface area (Å²) in [5.74, 6) is 1.51. The number of benzene rings is 3. The van der Waals surface area contributed by atoms with Gasteiger partial charge in [0.15, 0.2) is 27.8 Å². The molecule has 0 saturated carbocycles. The Morgan fingerprint density at radius 2 is 1.83 bits per heavy atom. The third kappa shape index (κ3) is 7.48. The Morgan fingerprint density at radius 1 is 1.06 bits per heavy atom. The van der Waals surface area contributed by atoms with Gasteiger partial charge in [-0.2, -0.15) is 0 Å². The minimum atomic E-state index is -0.809. The number of halogens is 2. The third-order valence-electron chi connectivity index (χ3n) is 7.34. The van der Waals surface area contributed by atoms with Crippen LogP contribution in [-0.2, 0) is 16.1 Å². The van der Waals surface area contributed by atoms with Crippen molar-refractivity contribution in [2.75, 3.05) is 20.3 Å². The van der Waals surface area contributed by atoms with Gasteiger partial charge in [-0.05, 0) is 98.1 Å². The van der Waals surface area contributed by atoms with E-state index < -0.39 is 12.0 Å². The smallest absolute Gasteiger partial charge is 0.338 e. The molecule has 2 heterocycles. The molecule has 252 valence electrons. The first-order chi connectivity index (χ1) is 23.1. The summed E-state index contributed by atoms with van der Waals surface area (Å²) in [6.07, 6.45) is 1.70. The number of carbonyl (C=O) groups excluding carboxylic acids is 1. The van der Waals surface area contributed by atoms with Gasteiger partial charge in [0.25, 0.3) is 5.56 Å². The molecule has 9 nitrogen and oxygen atoms in total. The van der Waals surface area contributed by atoms with Crippen molar-refractivity contribution < 1.29 is 28.5 Å². The number of thiazole rings is 1. The van der Waals surface area contributed by atoms with Crippen LogP contribution < -0.4 is 33.8 Å². The van der Waals surface area contributed by atoms with E-state index >= 15 is 0 Å². The number of ether oxygens (including phenoxy) is 5. The second-order valence-electron chi connectivity index (χ2n) is 11.0. The van der Waals surface area contributed by atoms with E-state index in [9.17, 15) is 9.59 Å². The Hall–Kier alpha value is -4.06. The van der Waals surface area contributed by atoms with Gasteiger partial charge in [-0.25, -0.2) is 9.79 Å². The van der Waals surface area contributed by atoms with Crippen molar-refractivity contribution in [2.45, 2.75) is 53.4 Å². The van der Waals surface area contributed by atoms with E-state index in [1.54, 1.807) is 39.2 Å². The molecule has 0 radical (unpaired) electrons. The first-order valence-corrected chi connectivity index (χ1v) is 17.4. The van der Waals surface area contributed by atoms with E-state index in [2.05, 4.69) is 20.9 Å². The number of methoxy groups -OCH3 is 1. The summed E-state index contributed by atoms with van der Waals surface area (Å²) in [4.78, 5) is 32.7. The molecular weight excluding hydrogens is 720 g/mol. The van der Waals surface area contributed by atoms with Gasteiger partial charge in [0.2, 0.25) is 0 Å². The number of esters is 1. The minimum absolute atomic E-state index is 0.0779. The molecule has 12 heteroatoms. The van der Waals surface area contributed by atoms with Crippen LogP contribution >= 0.6 is 38.9 Å². The number of hydrogen-bond acceptors (Lipinski definition) is 9. The second-order valence-corrected chi connectivity index (χ2v) is 13.3. The van der Waals surface area contributed by atoms with Crippen LogP contribution in [0, 0.1) is 0 Å². The summed E-state index contributed by atoms with van der Waals surface area (Å²) in [6.45, 7) is 10.0. The SMILES string of the molecule is CCOC(=O)C1=C(C)N=c2s/c(=C/c3cc(Br)c(OCc4ccccc4Cl)c(OCC)c3)c(=O)n2[C@@H]1c1ccc(OC(C)C)c(OC)c1. The monoisotopic (exact) mass is 754 g/mol. The van der Waals surface area contributed by atoms with Gasteiger partial charge in [0.05, 0.1) is 52.7 Å². The maximum atomic E-state index is 14.2.